The molecular formula is C31H44FNO7. The first-order valence-electron chi connectivity index (χ1n) is 14.7. The van der Waals surface area contributed by atoms with E-state index in [4.69, 9.17) is 4.74 Å². The number of allylic oxidation sites excluding steroid dienone is 4. The third-order valence-electron chi connectivity index (χ3n) is 10.7. The Morgan fingerprint density at radius 3 is 2.60 bits per heavy atom. The Balaban J connectivity index is 1.45. The number of aliphatic hydroxyl groups excluding tert-OH is 1. The number of unbranched alkanes of at least 4 members (excludes halogenated alkanes) is 3. The highest BCUT2D eigenvalue weighted by Gasteiger charge is 2.75. The summed E-state index contributed by atoms with van der Waals surface area (Å²) in [6, 6.07) is 0. The Hall–Kier alpha value is -2.39. The molecule has 0 radical (unpaired) electrons. The first-order chi connectivity index (χ1) is 18.8. The number of hydrogen-bond donors (Lipinski definition) is 3. The van der Waals surface area contributed by atoms with Crippen molar-refractivity contribution in [2.24, 2.45) is 28.6 Å². The highest BCUT2D eigenvalue weighted by Crippen LogP contribution is 2.70. The van der Waals surface area contributed by atoms with Gasteiger partial charge in [-0.2, -0.15) is 0 Å². The number of ketones is 2. The standard InChI is InChI=1S/C31H44FNO7/c1-5-6-7-8-9-26(37)33-17-27(38)40-18-25(36)31(39)19(2)14-23-22-11-10-20-15-21(34)12-13-28(20,3)30(22,32)24(35)16-29(23,31)4/h12-13,15,19,22-24,35,39H,5-11,14,16-18H2,1-4H3,(H,33,37)/t19-,22-,23-,24-,28-,29-,30-,31-/m0/s1. The van der Waals surface area contributed by atoms with Gasteiger partial charge in [0.25, 0.3) is 0 Å². The average Bonchev–Trinajstić information content (AvgIpc) is 3.11. The molecule has 4 aliphatic rings. The largest absolute Gasteiger partial charge is 0.456 e. The second-order valence-electron chi connectivity index (χ2n) is 12.8. The summed E-state index contributed by atoms with van der Waals surface area (Å²) >= 11 is 0. The lowest BCUT2D eigenvalue weighted by Crippen LogP contribution is -2.69. The molecule has 4 rings (SSSR count). The normalized spacial score (nSPS) is 40.0. The average molecular weight is 562 g/mol. The molecule has 0 aromatic rings. The van der Waals surface area contributed by atoms with E-state index in [9.17, 15) is 29.4 Å². The van der Waals surface area contributed by atoms with Gasteiger partial charge < -0.3 is 20.3 Å². The lowest BCUT2D eigenvalue weighted by molar-refractivity contribution is -0.219. The monoisotopic (exact) mass is 561 g/mol. The van der Waals surface area contributed by atoms with Crippen LogP contribution >= 0.6 is 0 Å². The molecule has 3 fully saturated rings. The molecule has 0 bridgehead atoms. The minimum absolute atomic E-state index is 0.149. The minimum Gasteiger partial charge on any atom is -0.456 e. The molecule has 9 heteroatoms. The van der Waals surface area contributed by atoms with Crippen molar-refractivity contribution in [2.45, 2.75) is 103 Å². The van der Waals surface area contributed by atoms with Gasteiger partial charge >= 0.3 is 5.97 Å². The first-order valence-corrected chi connectivity index (χ1v) is 14.7. The zero-order chi connectivity index (χ0) is 29.5. The van der Waals surface area contributed by atoms with E-state index in [1.165, 1.54) is 12.2 Å². The van der Waals surface area contributed by atoms with Crippen molar-refractivity contribution < 1.29 is 38.5 Å². The molecule has 3 saturated carbocycles. The minimum atomic E-state index is -2.06. The molecule has 4 aliphatic carbocycles. The fourth-order valence-electron chi connectivity index (χ4n) is 8.42. The lowest BCUT2D eigenvalue weighted by atomic mass is 9.44. The third kappa shape index (κ3) is 4.67. The van der Waals surface area contributed by atoms with E-state index in [1.807, 2.05) is 0 Å². The van der Waals surface area contributed by atoms with Gasteiger partial charge in [-0.3, -0.25) is 19.2 Å². The predicted molar refractivity (Wildman–Crippen MR) is 146 cm³/mol. The van der Waals surface area contributed by atoms with Crippen LogP contribution in [0.5, 0.6) is 0 Å². The number of aliphatic hydroxyl groups is 2. The number of fused-ring (bicyclic) bond motifs is 5. The van der Waals surface area contributed by atoms with Crippen LogP contribution in [0.4, 0.5) is 4.39 Å². The maximum atomic E-state index is 17.2. The van der Waals surface area contributed by atoms with Crippen LogP contribution in [-0.4, -0.2) is 64.2 Å². The molecule has 0 spiro atoms. The van der Waals surface area contributed by atoms with Gasteiger partial charge in [0.15, 0.2) is 18.1 Å². The van der Waals surface area contributed by atoms with Crippen molar-refractivity contribution >= 4 is 23.4 Å². The molecule has 0 saturated heterocycles. The summed E-state index contributed by atoms with van der Waals surface area (Å²) in [5.41, 5.74) is -5.63. The molecule has 3 N–H and O–H groups in total. The van der Waals surface area contributed by atoms with Crippen molar-refractivity contribution in [3.05, 3.63) is 23.8 Å². The van der Waals surface area contributed by atoms with Crippen molar-refractivity contribution in [2.75, 3.05) is 13.2 Å². The van der Waals surface area contributed by atoms with Crippen molar-refractivity contribution in [1.82, 2.24) is 5.32 Å². The summed E-state index contributed by atoms with van der Waals surface area (Å²) in [5, 5.41) is 25.9. The van der Waals surface area contributed by atoms with E-state index in [0.717, 1.165) is 25.7 Å². The molecule has 1 amide bonds. The Kier molecular flexibility index (Phi) is 8.50. The lowest BCUT2D eigenvalue weighted by Gasteiger charge is -2.62. The van der Waals surface area contributed by atoms with Gasteiger partial charge in [-0.1, -0.05) is 51.7 Å². The second kappa shape index (κ2) is 11.1. The van der Waals surface area contributed by atoms with Crippen LogP contribution in [0.2, 0.25) is 0 Å². The molecule has 8 nitrogen and oxygen atoms in total. The topological polar surface area (TPSA) is 130 Å². The zero-order valence-corrected chi connectivity index (χ0v) is 24.1. The smallest absolute Gasteiger partial charge is 0.325 e. The first kappa shape index (κ1) is 30.6. The number of rotatable bonds is 10. The molecule has 0 aromatic heterocycles. The molecule has 0 aliphatic heterocycles. The predicted octanol–water partition coefficient (Wildman–Crippen LogP) is 3.53. The van der Waals surface area contributed by atoms with Crippen LogP contribution in [0.3, 0.4) is 0 Å². The summed E-state index contributed by atoms with van der Waals surface area (Å²) in [6.07, 6.45) is 8.10. The Labute approximate surface area is 235 Å². The van der Waals surface area contributed by atoms with Gasteiger partial charge in [-0.25, -0.2) is 4.39 Å². The van der Waals surface area contributed by atoms with Crippen LogP contribution in [0.25, 0.3) is 0 Å². The zero-order valence-electron chi connectivity index (χ0n) is 24.1. The SMILES string of the molecule is CCCCCCC(=O)NCC(=O)OCC(=O)[C@@]1(O)[C@@H](C)C[C@H]2[C@@H]3CCC4=CC(=O)C=C[C@]4(C)[C@@]3(F)[C@@H](O)C[C@@]21C. The number of carbonyl (C=O) groups excluding carboxylic acids is 4. The highest BCUT2D eigenvalue weighted by molar-refractivity contribution is 6.01. The molecular weight excluding hydrogens is 517 g/mol. The fraction of sp³-hybridized carbons (Fsp3) is 0.742. The van der Waals surface area contributed by atoms with E-state index >= 15 is 4.39 Å². The van der Waals surface area contributed by atoms with Crippen molar-refractivity contribution in [1.29, 1.82) is 0 Å². The van der Waals surface area contributed by atoms with Gasteiger partial charge in [-0.15, -0.1) is 0 Å². The van der Waals surface area contributed by atoms with Gasteiger partial charge in [0.05, 0.1) is 6.10 Å². The number of hydrogen-bond acceptors (Lipinski definition) is 7. The van der Waals surface area contributed by atoms with Gasteiger partial charge in [0.1, 0.15) is 12.1 Å². The number of nitrogens with one attached hydrogen (secondary N) is 1. The van der Waals surface area contributed by atoms with Gasteiger partial charge in [0, 0.05) is 23.2 Å². The number of alkyl halides is 1. The number of halogens is 1. The summed E-state index contributed by atoms with van der Waals surface area (Å²) in [7, 11) is 0. The summed E-state index contributed by atoms with van der Waals surface area (Å²) < 4.78 is 22.4. The van der Waals surface area contributed by atoms with Crippen molar-refractivity contribution in [3.63, 3.8) is 0 Å². The van der Waals surface area contributed by atoms with Crippen molar-refractivity contribution in [3.8, 4) is 0 Å². The van der Waals surface area contributed by atoms with Gasteiger partial charge in [0.2, 0.25) is 11.7 Å². The Bertz CT molecular complexity index is 1120. The summed E-state index contributed by atoms with van der Waals surface area (Å²) in [5.74, 6) is -3.53. The fourth-order valence-corrected chi connectivity index (χ4v) is 8.42. The second-order valence-corrected chi connectivity index (χ2v) is 12.8. The quantitative estimate of drug-likeness (QED) is 0.275. The molecule has 8 atom stereocenters. The van der Waals surface area contributed by atoms with E-state index in [2.05, 4.69) is 12.2 Å². The van der Waals surface area contributed by atoms with Crippen LogP contribution in [0.15, 0.2) is 23.8 Å². The van der Waals surface area contributed by atoms with Gasteiger partial charge in [-0.05, 0) is 63.0 Å². The van der Waals surface area contributed by atoms with Crippen LogP contribution in [-0.2, 0) is 23.9 Å². The molecule has 0 unspecified atom stereocenters. The van der Waals surface area contributed by atoms with Crippen LogP contribution in [0, 0.1) is 28.6 Å². The number of carbonyl (C=O) groups is 4. The van der Waals surface area contributed by atoms with E-state index in [0.29, 0.717) is 31.3 Å². The highest BCUT2D eigenvalue weighted by atomic mass is 19.1. The number of amides is 1. The third-order valence-corrected chi connectivity index (χ3v) is 10.7. The molecule has 40 heavy (non-hydrogen) atoms. The van der Waals surface area contributed by atoms with Crippen LogP contribution < -0.4 is 5.32 Å². The maximum absolute atomic E-state index is 17.2. The summed E-state index contributed by atoms with van der Waals surface area (Å²) in [4.78, 5) is 49.7. The summed E-state index contributed by atoms with van der Waals surface area (Å²) in [6.45, 7) is 6.22. The maximum Gasteiger partial charge on any atom is 0.325 e. The van der Waals surface area contributed by atoms with E-state index in [-0.39, 0.29) is 24.7 Å². The number of ether oxygens (including phenoxy) is 1. The molecule has 0 aromatic carbocycles. The molecule has 222 valence electrons. The van der Waals surface area contributed by atoms with E-state index in [1.54, 1.807) is 26.8 Å². The Morgan fingerprint density at radius 2 is 1.90 bits per heavy atom. The van der Waals surface area contributed by atoms with E-state index < -0.39 is 64.3 Å². The number of Topliss-reactive ketones (excluding diaryl/α,β-unsaturated/α-hetero) is 1. The number of esters is 1. The molecule has 0 heterocycles. The van der Waals surface area contributed by atoms with Crippen LogP contribution in [0.1, 0.15) is 85.5 Å². The Morgan fingerprint density at radius 1 is 1.18 bits per heavy atom.